The van der Waals surface area contributed by atoms with E-state index in [2.05, 4.69) is 5.32 Å². The molecule has 1 unspecified atom stereocenters. The van der Waals surface area contributed by atoms with Crippen LogP contribution in [0, 0.1) is 5.92 Å². The normalized spacial score (nSPS) is 18.8. The van der Waals surface area contributed by atoms with Crippen LogP contribution in [0.2, 0.25) is 0 Å². The molecule has 2 rings (SSSR count). The van der Waals surface area contributed by atoms with Crippen molar-refractivity contribution in [2.45, 2.75) is 19.4 Å². The lowest BCUT2D eigenvalue weighted by molar-refractivity contribution is -0.123. The zero-order valence-corrected chi connectivity index (χ0v) is 11.1. The van der Waals surface area contributed by atoms with Gasteiger partial charge in [-0.1, -0.05) is 6.07 Å². The van der Waals surface area contributed by atoms with Crippen molar-refractivity contribution in [2.24, 2.45) is 11.7 Å². The topological polar surface area (TPSA) is 73.6 Å². The van der Waals surface area contributed by atoms with E-state index >= 15 is 0 Å². The van der Waals surface area contributed by atoms with E-state index in [1.807, 2.05) is 18.2 Å². The second-order valence-electron chi connectivity index (χ2n) is 4.71. The molecular weight excluding hydrogens is 244 g/mol. The van der Waals surface area contributed by atoms with Crippen LogP contribution in [0.15, 0.2) is 18.2 Å². The highest BCUT2D eigenvalue weighted by Crippen LogP contribution is 2.29. The zero-order valence-electron chi connectivity index (χ0n) is 11.1. The number of carbonyl (C=O) groups is 1. The van der Waals surface area contributed by atoms with E-state index < -0.39 is 0 Å². The van der Waals surface area contributed by atoms with Gasteiger partial charge in [0.15, 0.2) is 11.5 Å². The van der Waals surface area contributed by atoms with Gasteiger partial charge in [-0.05, 0) is 24.1 Å². The number of piperidine rings is 1. The third-order valence-corrected chi connectivity index (χ3v) is 3.29. The van der Waals surface area contributed by atoms with Gasteiger partial charge in [-0.25, -0.2) is 0 Å². The Labute approximate surface area is 113 Å². The molecule has 0 aliphatic carbocycles. The number of nitrogens with one attached hydrogen (secondary N) is 1. The lowest BCUT2D eigenvalue weighted by Gasteiger charge is -2.22. The molecule has 0 radical (unpaired) electrons. The number of hydrogen-bond donors (Lipinski definition) is 2. The number of benzene rings is 1. The first-order chi connectivity index (χ1) is 9.22. The summed E-state index contributed by atoms with van der Waals surface area (Å²) in [5.41, 5.74) is 6.62. The minimum absolute atomic E-state index is 0.0996. The number of amides is 1. The van der Waals surface area contributed by atoms with Gasteiger partial charge in [0.1, 0.15) is 0 Å². The first-order valence-corrected chi connectivity index (χ1v) is 6.49. The van der Waals surface area contributed by atoms with Crippen molar-refractivity contribution in [3.05, 3.63) is 23.8 Å². The minimum Gasteiger partial charge on any atom is -0.493 e. The molecule has 5 nitrogen and oxygen atoms in total. The Kier molecular flexibility index (Phi) is 4.63. The molecule has 0 saturated carbocycles. The number of rotatable bonds is 5. The van der Waals surface area contributed by atoms with Gasteiger partial charge < -0.3 is 20.5 Å². The van der Waals surface area contributed by atoms with Crippen molar-refractivity contribution < 1.29 is 14.3 Å². The van der Waals surface area contributed by atoms with E-state index in [1.165, 1.54) is 0 Å². The molecular formula is C14H20N2O3. The smallest absolute Gasteiger partial charge is 0.220 e. The maximum Gasteiger partial charge on any atom is 0.220 e. The summed E-state index contributed by atoms with van der Waals surface area (Å²) >= 11 is 0. The molecule has 1 aliphatic heterocycles. The van der Waals surface area contributed by atoms with Crippen LogP contribution in [0.1, 0.15) is 18.4 Å². The van der Waals surface area contributed by atoms with Crippen LogP contribution >= 0.6 is 0 Å². The van der Waals surface area contributed by atoms with Gasteiger partial charge in [0.2, 0.25) is 5.91 Å². The van der Waals surface area contributed by atoms with Crippen molar-refractivity contribution in [1.82, 2.24) is 5.32 Å². The fourth-order valence-electron chi connectivity index (χ4n) is 2.16. The molecule has 0 aromatic heterocycles. The SMILES string of the molecule is COc1ccc(CN)cc1OCC1CCNC(=O)C1. The number of nitrogens with two attached hydrogens (primary N) is 1. The van der Waals surface area contributed by atoms with E-state index in [-0.39, 0.29) is 11.8 Å². The molecule has 104 valence electrons. The monoisotopic (exact) mass is 264 g/mol. The van der Waals surface area contributed by atoms with E-state index in [0.29, 0.717) is 31.1 Å². The first kappa shape index (κ1) is 13.7. The molecule has 19 heavy (non-hydrogen) atoms. The molecule has 1 amide bonds. The van der Waals surface area contributed by atoms with Crippen molar-refractivity contribution in [2.75, 3.05) is 20.3 Å². The summed E-state index contributed by atoms with van der Waals surface area (Å²) in [6, 6.07) is 5.66. The maximum absolute atomic E-state index is 11.3. The number of ether oxygens (including phenoxy) is 2. The van der Waals surface area contributed by atoms with Crippen LogP contribution in [-0.4, -0.2) is 26.2 Å². The molecule has 3 N–H and O–H groups in total. The highest BCUT2D eigenvalue weighted by atomic mass is 16.5. The number of hydrogen-bond acceptors (Lipinski definition) is 4. The summed E-state index contributed by atoms with van der Waals surface area (Å²) in [7, 11) is 1.61. The molecule has 5 heteroatoms. The lowest BCUT2D eigenvalue weighted by Crippen LogP contribution is -2.35. The van der Waals surface area contributed by atoms with Gasteiger partial charge >= 0.3 is 0 Å². The predicted molar refractivity (Wildman–Crippen MR) is 72.1 cm³/mol. The van der Waals surface area contributed by atoms with Crippen LogP contribution in [-0.2, 0) is 11.3 Å². The number of carbonyl (C=O) groups excluding carboxylic acids is 1. The van der Waals surface area contributed by atoms with Gasteiger partial charge in [-0.3, -0.25) is 4.79 Å². The summed E-state index contributed by atoms with van der Waals surface area (Å²) in [4.78, 5) is 11.3. The van der Waals surface area contributed by atoms with E-state index in [1.54, 1.807) is 7.11 Å². The fourth-order valence-corrected chi connectivity index (χ4v) is 2.16. The second-order valence-corrected chi connectivity index (χ2v) is 4.71. The second kappa shape index (κ2) is 6.43. The Morgan fingerprint density at radius 1 is 1.42 bits per heavy atom. The van der Waals surface area contributed by atoms with Gasteiger partial charge in [0, 0.05) is 25.4 Å². The fraction of sp³-hybridized carbons (Fsp3) is 0.500. The Bertz CT molecular complexity index is 448. The van der Waals surface area contributed by atoms with Gasteiger partial charge in [-0.15, -0.1) is 0 Å². The van der Waals surface area contributed by atoms with Crippen molar-refractivity contribution in [3.63, 3.8) is 0 Å². The molecule has 1 atom stereocenters. The van der Waals surface area contributed by atoms with Crippen LogP contribution < -0.4 is 20.5 Å². The van der Waals surface area contributed by atoms with Crippen LogP contribution in [0.5, 0.6) is 11.5 Å². The molecule has 1 aromatic rings. The van der Waals surface area contributed by atoms with Crippen LogP contribution in [0.25, 0.3) is 0 Å². The average Bonchev–Trinajstić information content (AvgIpc) is 2.45. The third kappa shape index (κ3) is 3.61. The van der Waals surface area contributed by atoms with Crippen molar-refractivity contribution in [3.8, 4) is 11.5 Å². The van der Waals surface area contributed by atoms with Crippen LogP contribution in [0.4, 0.5) is 0 Å². The Balaban J connectivity index is 1.99. The maximum atomic E-state index is 11.3. The molecule has 1 saturated heterocycles. The molecule has 1 aliphatic rings. The van der Waals surface area contributed by atoms with Gasteiger partial charge in [0.05, 0.1) is 13.7 Å². The summed E-state index contributed by atoms with van der Waals surface area (Å²) < 4.78 is 11.1. The van der Waals surface area contributed by atoms with Gasteiger partial charge in [0.25, 0.3) is 0 Å². The van der Waals surface area contributed by atoms with Crippen molar-refractivity contribution in [1.29, 1.82) is 0 Å². The Hall–Kier alpha value is -1.75. The molecule has 1 fully saturated rings. The first-order valence-electron chi connectivity index (χ1n) is 6.49. The zero-order chi connectivity index (χ0) is 13.7. The third-order valence-electron chi connectivity index (χ3n) is 3.29. The minimum atomic E-state index is 0.0996. The van der Waals surface area contributed by atoms with E-state index in [9.17, 15) is 4.79 Å². The Morgan fingerprint density at radius 3 is 2.95 bits per heavy atom. The largest absolute Gasteiger partial charge is 0.493 e. The molecule has 0 spiro atoms. The summed E-state index contributed by atoms with van der Waals surface area (Å²) in [6.45, 7) is 1.72. The standard InChI is InChI=1S/C14H20N2O3/c1-18-12-3-2-10(8-15)6-13(12)19-9-11-4-5-16-14(17)7-11/h2-3,6,11H,4-5,7-9,15H2,1H3,(H,16,17). The van der Waals surface area contributed by atoms with Crippen LogP contribution in [0.3, 0.4) is 0 Å². The van der Waals surface area contributed by atoms with Crippen molar-refractivity contribution >= 4 is 5.91 Å². The van der Waals surface area contributed by atoms with Gasteiger partial charge in [-0.2, -0.15) is 0 Å². The van der Waals surface area contributed by atoms with E-state index in [0.717, 1.165) is 18.5 Å². The summed E-state index contributed by atoms with van der Waals surface area (Å²) in [6.07, 6.45) is 1.48. The quantitative estimate of drug-likeness (QED) is 0.834. The van der Waals surface area contributed by atoms with E-state index in [4.69, 9.17) is 15.2 Å². The lowest BCUT2D eigenvalue weighted by atomic mass is 9.99. The highest BCUT2D eigenvalue weighted by molar-refractivity contribution is 5.76. The molecule has 1 heterocycles. The predicted octanol–water partition coefficient (Wildman–Crippen LogP) is 1.06. The average molecular weight is 264 g/mol. The number of methoxy groups -OCH3 is 1. The molecule has 1 aromatic carbocycles. The summed E-state index contributed by atoms with van der Waals surface area (Å²) in [5.74, 6) is 1.75. The summed E-state index contributed by atoms with van der Waals surface area (Å²) in [5, 5.41) is 2.82. The molecule has 0 bridgehead atoms. The highest BCUT2D eigenvalue weighted by Gasteiger charge is 2.20. The Morgan fingerprint density at radius 2 is 2.26 bits per heavy atom.